The summed E-state index contributed by atoms with van der Waals surface area (Å²) in [6.45, 7) is 1.85. The fourth-order valence-electron chi connectivity index (χ4n) is 9.21. The van der Waals surface area contributed by atoms with Crippen LogP contribution < -0.4 is 20.4 Å². The van der Waals surface area contributed by atoms with Crippen LogP contribution in [-0.4, -0.2) is 62.7 Å². The minimum Gasteiger partial charge on any atom is -0.368 e. The molecule has 1 saturated carbocycles. The van der Waals surface area contributed by atoms with Crippen LogP contribution in [0.5, 0.6) is 0 Å². The number of aromatic nitrogens is 5. The molecule has 0 spiro atoms. The molecule has 2 aromatic carbocycles. The van der Waals surface area contributed by atoms with Crippen molar-refractivity contribution in [1.29, 1.82) is 0 Å². The first-order valence-electron chi connectivity index (χ1n) is 19.7. The molecule has 6 heterocycles. The second-order valence-corrected chi connectivity index (χ2v) is 16.7. The molecule has 2 aliphatic carbocycles. The molecule has 2 N–H and O–H groups in total. The number of fused-ring (bicyclic) bond motifs is 5. The van der Waals surface area contributed by atoms with Crippen molar-refractivity contribution in [2.24, 2.45) is 5.92 Å². The van der Waals surface area contributed by atoms with Crippen LogP contribution >= 0.6 is 11.3 Å². The SMILES string of the molecule is O=C(Cn1nc(C(F)(F)F)c2c1C(F)(F)[C@@H]1CC[C@H]21)N[C@@H](Cc1cc(F)cc(F)c1)c1nc2nc(N3CCN(c4ccncc4)CC3)sc2cc1-c1cccc2c1CNC2=O. The molecule has 314 valence electrons. The Hall–Kier alpha value is -6.11. The number of benzene rings is 2. The number of nitrogens with zero attached hydrogens (tertiary/aromatic N) is 7. The normalized spacial score (nSPS) is 19.6. The molecule has 2 amide bonds. The van der Waals surface area contributed by atoms with E-state index in [2.05, 4.69) is 30.5 Å². The number of anilines is 2. The molecule has 0 unspecified atom stereocenters. The third-order valence-corrected chi connectivity index (χ3v) is 13.2. The van der Waals surface area contributed by atoms with Crippen LogP contribution in [0, 0.1) is 17.6 Å². The van der Waals surface area contributed by atoms with Crippen molar-refractivity contribution in [3.8, 4) is 11.1 Å². The fraction of sp³-hybridized carbons (Fsp3) is 0.333. The number of alkyl halides is 5. The molecular formula is C42H34F7N9O2S. The van der Waals surface area contributed by atoms with Gasteiger partial charge in [0, 0.05) is 79.5 Å². The Morgan fingerprint density at radius 3 is 2.36 bits per heavy atom. The van der Waals surface area contributed by atoms with E-state index in [0.29, 0.717) is 69.0 Å². The minimum absolute atomic E-state index is 0.0312. The zero-order chi connectivity index (χ0) is 42.4. The fourth-order valence-corrected chi connectivity index (χ4v) is 10.2. The number of amides is 2. The highest BCUT2D eigenvalue weighted by atomic mass is 32.1. The van der Waals surface area contributed by atoms with E-state index in [1.54, 1.807) is 30.6 Å². The zero-order valence-electron chi connectivity index (χ0n) is 31.9. The maximum absolute atomic E-state index is 15.7. The molecule has 4 aliphatic rings. The number of piperazine rings is 1. The van der Waals surface area contributed by atoms with Crippen molar-refractivity contribution >= 4 is 44.3 Å². The summed E-state index contributed by atoms with van der Waals surface area (Å²) in [5, 5.41) is 9.79. The Bertz CT molecular complexity index is 2710. The smallest absolute Gasteiger partial charge is 0.368 e. The summed E-state index contributed by atoms with van der Waals surface area (Å²) < 4.78 is 105. The van der Waals surface area contributed by atoms with Gasteiger partial charge in [0.15, 0.2) is 16.5 Å². The third kappa shape index (κ3) is 6.82. The summed E-state index contributed by atoms with van der Waals surface area (Å²) in [6, 6.07) is 12.4. The van der Waals surface area contributed by atoms with Gasteiger partial charge in [0.2, 0.25) is 5.91 Å². The van der Waals surface area contributed by atoms with E-state index in [1.165, 1.54) is 11.3 Å². The van der Waals surface area contributed by atoms with Crippen molar-refractivity contribution < 1.29 is 40.3 Å². The van der Waals surface area contributed by atoms with Gasteiger partial charge in [-0.25, -0.2) is 13.8 Å². The summed E-state index contributed by atoms with van der Waals surface area (Å²) in [4.78, 5) is 45.2. The van der Waals surface area contributed by atoms with Crippen molar-refractivity contribution in [3.63, 3.8) is 0 Å². The highest BCUT2D eigenvalue weighted by Crippen LogP contribution is 2.64. The molecule has 0 bridgehead atoms. The van der Waals surface area contributed by atoms with Crippen molar-refractivity contribution in [1.82, 2.24) is 35.4 Å². The summed E-state index contributed by atoms with van der Waals surface area (Å²) in [5.74, 6) is -9.10. The molecule has 2 fully saturated rings. The molecule has 11 nitrogen and oxygen atoms in total. The largest absolute Gasteiger partial charge is 0.435 e. The summed E-state index contributed by atoms with van der Waals surface area (Å²) in [5.41, 5.74) is 0.712. The predicted molar refractivity (Wildman–Crippen MR) is 210 cm³/mol. The average molecular weight is 862 g/mol. The number of hydrogen-bond donors (Lipinski definition) is 2. The minimum atomic E-state index is -5.05. The molecule has 6 aromatic rings. The first-order valence-corrected chi connectivity index (χ1v) is 20.5. The predicted octanol–water partition coefficient (Wildman–Crippen LogP) is 7.52. The number of halogens is 7. The van der Waals surface area contributed by atoms with Crippen LogP contribution in [0.4, 0.5) is 41.6 Å². The molecular weight excluding hydrogens is 828 g/mol. The van der Waals surface area contributed by atoms with Gasteiger partial charge in [-0.3, -0.25) is 19.3 Å². The molecule has 3 atom stereocenters. The Balaban J connectivity index is 1.06. The Labute approximate surface area is 346 Å². The van der Waals surface area contributed by atoms with E-state index >= 15 is 8.78 Å². The van der Waals surface area contributed by atoms with E-state index in [1.807, 2.05) is 18.2 Å². The maximum Gasteiger partial charge on any atom is 0.435 e. The van der Waals surface area contributed by atoms with Gasteiger partial charge >= 0.3 is 6.18 Å². The number of carbonyl (C=O) groups excluding carboxylic acids is 2. The van der Waals surface area contributed by atoms with Gasteiger partial charge in [-0.15, -0.1) is 0 Å². The van der Waals surface area contributed by atoms with Crippen LogP contribution in [0.1, 0.15) is 68.9 Å². The van der Waals surface area contributed by atoms with Gasteiger partial charge in [0.25, 0.3) is 11.8 Å². The van der Waals surface area contributed by atoms with Gasteiger partial charge in [-0.2, -0.15) is 32.0 Å². The molecule has 4 aromatic heterocycles. The number of thiazole rings is 1. The van der Waals surface area contributed by atoms with E-state index < -0.39 is 71.0 Å². The van der Waals surface area contributed by atoms with Gasteiger partial charge in [0.05, 0.1) is 16.4 Å². The number of rotatable bonds is 9. The number of carbonyl (C=O) groups is 2. The topological polar surface area (TPSA) is 121 Å². The van der Waals surface area contributed by atoms with E-state index in [0.717, 1.165) is 17.8 Å². The first-order chi connectivity index (χ1) is 29.2. The lowest BCUT2D eigenvalue weighted by atomic mass is 9.73. The highest BCUT2D eigenvalue weighted by molar-refractivity contribution is 7.22. The molecule has 2 aliphatic heterocycles. The highest BCUT2D eigenvalue weighted by Gasteiger charge is 2.63. The lowest BCUT2D eigenvalue weighted by Crippen LogP contribution is -2.46. The Morgan fingerprint density at radius 2 is 1.66 bits per heavy atom. The van der Waals surface area contributed by atoms with E-state index in [9.17, 15) is 31.5 Å². The number of pyridine rings is 2. The molecule has 61 heavy (non-hydrogen) atoms. The Morgan fingerprint density at radius 1 is 0.934 bits per heavy atom. The second-order valence-electron chi connectivity index (χ2n) is 15.7. The van der Waals surface area contributed by atoms with Gasteiger partial charge < -0.3 is 20.4 Å². The molecule has 0 radical (unpaired) electrons. The molecule has 1 saturated heterocycles. The van der Waals surface area contributed by atoms with Crippen LogP contribution in [0.2, 0.25) is 0 Å². The molecule has 10 rings (SSSR count). The van der Waals surface area contributed by atoms with Crippen LogP contribution in [0.15, 0.2) is 67.0 Å². The third-order valence-electron chi connectivity index (χ3n) is 12.1. The van der Waals surface area contributed by atoms with Crippen molar-refractivity contribution in [2.45, 2.75) is 56.4 Å². The van der Waals surface area contributed by atoms with Gasteiger partial charge in [0.1, 0.15) is 23.9 Å². The summed E-state index contributed by atoms with van der Waals surface area (Å²) >= 11 is 1.39. The summed E-state index contributed by atoms with van der Waals surface area (Å²) in [6.07, 6.45) is -1.68. The first kappa shape index (κ1) is 39.1. The quantitative estimate of drug-likeness (QED) is 0.143. The molecule has 19 heteroatoms. The van der Waals surface area contributed by atoms with Crippen LogP contribution in [0.25, 0.3) is 21.5 Å². The van der Waals surface area contributed by atoms with Crippen LogP contribution in [0.3, 0.4) is 0 Å². The van der Waals surface area contributed by atoms with E-state index in [-0.39, 0.29) is 48.6 Å². The van der Waals surface area contributed by atoms with Gasteiger partial charge in [-0.05, 0) is 78.3 Å². The van der Waals surface area contributed by atoms with Gasteiger partial charge in [-0.1, -0.05) is 23.5 Å². The van der Waals surface area contributed by atoms with Crippen LogP contribution in [-0.2, 0) is 36.4 Å². The van der Waals surface area contributed by atoms with Crippen molar-refractivity contribution in [3.05, 3.63) is 118 Å². The number of hydrogen-bond acceptors (Lipinski definition) is 9. The number of nitrogens with one attached hydrogen (secondary N) is 2. The Kier molecular flexibility index (Phi) is 9.30. The summed E-state index contributed by atoms with van der Waals surface area (Å²) in [7, 11) is 0. The second kappa shape index (κ2) is 14.5. The maximum atomic E-state index is 15.7. The zero-order valence-corrected chi connectivity index (χ0v) is 32.8. The standard InChI is InChI=1S/C42H34F7N9O2S/c43-22-14-21(15-23(44)17-22)16-31(52-33(59)20-58-37-34(36(55-58)42(47,48)49)27-4-5-30(27)41(37,45)46)35-28(25-2-1-3-26-29(25)19-51-39(26)60)18-32-38(53-35)54-40(61-32)57-12-10-56(11-13-57)24-6-8-50-9-7-24/h1-3,6-9,14-15,17-18,27,30-31H,4-5,10-13,16,19-20H2,(H,51,60)(H,52,59)/t27-,30+,31-/m0/s1. The van der Waals surface area contributed by atoms with Crippen molar-refractivity contribution in [2.75, 3.05) is 36.0 Å². The monoisotopic (exact) mass is 861 g/mol. The average Bonchev–Trinajstić information content (AvgIpc) is 3.94. The lowest BCUT2D eigenvalue weighted by molar-refractivity contribution is -0.144. The lowest BCUT2D eigenvalue weighted by Gasteiger charge is -2.35. The van der Waals surface area contributed by atoms with E-state index in [4.69, 9.17) is 9.97 Å².